The highest BCUT2D eigenvalue weighted by Crippen LogP contribution is 2.39. The lowest BCUT2D eigenvalue weighted by molar-refractivity contribution is -0.384. The van der Waals surface area contributed by atoms with Crippen molar-refractivity contribution >= 4 is 55.6 Å². The Labute approximate surface area is 220 Å². The molecular weight excluding hydrogens is 488 g/mol. The highest BCUT2D eigenvalue weighted by molar-refractivity contribution is 7.29. The molecule has 7 heteroatoms. The molecule has 36 heavy (non-hydrogen) atoms. The Morgan fingerprint density at radius 1 is 0.917 bits per heavy atom. The molecule has 0 radical (unpaired) electrons. The van der Waals surface area contributed by atoms with E-state index in [0.717, 1.165) is 30.5 Å². The van der Waals surface area contributed by atoms with Crippen LogP contribution in [0.15, 0.2) is 54.6 Å². The van der Waals surface area contributed by atoms with Crippen molar-refractivity contribution in [2.75, 3.05) is 25.1 Å². The number of nitro benzene ring substituents is 1. The fourth-order valence-electron chi connectivity index (χ4n) is 4.21. The van der Waals surface area contributed by atoms with Gasteiger partial charge in [0.1, 0.15) is 0 Å². The normalized spacial score (nSPS) is 11.5. The standard InChI is InChI=1S/C29H32N2O3S2/c1-21-18-25(31(33)34)14-8-22(21)11-15-26-19-28-29(35-26)20-27(36-28)23-9-12-24(13-10-23)30(2)16-6-4-3-5-7-17-32/h8-15,18-20,32H,3-7,16-17H2,1-2H3/b15-11+. The fraction of sp³-hybridized carbons (Fsp3) is 0.310. The monoisotopic (exact) mass is 520 g/mol. The molecule has 0 aliphatic carbocycles. The Balaban J connectivity index is 1.37. The van der Waals surface area contributed by atoms with Gasteiger partial charge in [-0.15, -0.1) is 22.7 Å². The molecule has 2 aromatic heterocycles. The maximum Gasteiger partial charge on any atom is 0.269 e. The molecule has 0 bridgehead atoms. The lowest BCUT2D eigenvalue weighted by Gasteiger charge is -2.19. The van der Waals surface area contributed by atoms with Gasteiger partial charge >= 0.3 is 0 Å². The van der Waals surface area contributed by atoms with Gasteiger partial charge in [0.05, 0.1) is 4.92 Å². The largest absolute Gasteiger partial charge is 0.396 e. The van der Waals surface area contributed by atoms with Gasteiger partial charge < -0.3 is 10.0 Å². The molecule has 0 unspecified atom stereocenters. The van der Waals surface area contributed by atoms with Crippen LogP contribution < -0.4 is 4.90 Å². The zero-order valence-electron chi connectivity index (χ0n) is 20.8. The minimum absolute atomic E-state index is 0.124. The molecule has 4 rings (SSSR count). The summed E-state index contributed by atoms with van der Waals surface area (Å²) in [5.41, 5.74) is 4.49. The van der Waals surface area contributed by atoms with Gasteiger partial charge in [-0.25, -0.2) is 0 Å². The van der Waals surface area contributed by atoms with Gasteiger partial charge in [0, 0.05) is 57.2 Å². The van der Waals surface area contributed by atoms with E-state index in [1.807, 2.05) is 24.3 Å². The van der Waals surface area contributed by atoms with E-state index in [0.29, 0.717) is 6.61 Å². The number of aliphatic hydroxyl groups is 1. The first-order valence-corrected chi connectivity index (χ1v) is 14.0. The van der Waals surface area contributed by atoms with Crippen molar-refractivity contribution in [2.45, 2.75) is 39.0 Å². The molecule has 4 aromatic rings. The first kappa shape index (κ1) is 26.1. The van der Waals surface area contributed by atoms with Crippen molar-refractivity contribution in [3.63, 3.8) is 0 Å². The van der Waals surface area contributed by atoms with Gasteiger partial charge in [-0.05, 0) is 72.9 Å². The van der Waals surface area contributed by atoms with Gasteiger partial charge in [-0.1, -0.05) is 37.5 Å². The number of non-ortho nitro benzene ring substituents is 1. The van der Waals surface area contributed by atoms with Crippen LogP contribution in [0.3, 0.4) is 0 Å². The van der Waals surface area contributed by atoms with E-state index in [-0.39, 0.29) is 10.6 Å². The number of anilines is 1. The molecule has 0 fully saturated rings. The fourth-order valence-corrected chi connectivity index (χ4v) is 6.53. The number of benzene rings is 2. The smallest absolute Gasteiger partial charge is 0.269 e. The van der Waals surface area contributed by atoms with E-state index in [2.05, 4.69) is 54.4 Å². The van der Waals surface area contributed by atoms with Crippen LogP contribution in [0.25, 0.3) is 32.0 Å². The maximum atomic E-state index is 10.9. The summed E-state index contributed by atoms with van der Waals surface area (Å²) in [6.45, 7) is 3.25. The van der Waals surface area contributed by atoms with E-state index in [1.54, 1.807) is 29.5 Å². The van der Waals surface area contributed by atoms with Gasteiger partial charge in [0.2, 0.25) is 0 Å². The SMILES string of the molecule is Cc1cc([N+](=O)[O-])ccc1/C=C/c1cc2sc(-c3ccc(N(C)CCCCCCCO)cc3)cc2s1. The second-order valence-electron chi connectivity index (χ2n) is 9.08. The van der Waals surface area contributed by atoms with E-state index in [9.17, 15) is 10.1 Å². The third-order valence-electron chi connectivity index (χ3n) is 6.36. The second kappa shape index (κ2) is 12.3. The van der Waals surface area contributed by atoms with Crippen LogP contribution in [-0.2, 0) is 0 Å². The summed E-state index contributed by atoms with van der Waals surface area (Å²) in [5, 5.41) is 19.8. The van der Waals surface area contributed by atoms with E-state index in [4.69, 9.17) is 5.11 Å². The molecule has 0 amide bonds. The third kappa shape index (κ3) is 6.60. The van der Waals surface area contributed by atoms with Crippen LogP contribution in [0.2, 0.25) is 0 Å². The molecule has 0 saturated carbocycles. The highest BCUT2D eigenvalue weighted by Gasteiger charge is 2.10. The Bertz CT molecular complexity index is 1310. The van der Waals surface area contributed by atoms with Gasteiger partial charge in [-0.3, -0.25) is 10.1 Å². The predicted octanol–water partition coefficient (Wildman–Crippen LogP) is 8.40. The van der Waals surface area contributed by atoms with Crippen LogP contribution >= 0.6 is 22.7 Å². The van der Waals surface area contributed by atoms with Crippen molar-refractivity contribution in [1.82, 2.24) is 0 Å². The van der Waals surface area contributed by atoms with Crippen LogP contribution in [0.1, 0.15) is 48.1 Å². The number of fused-ring (bicyclic) bond motifs is 1. The molecule has 0 aliphatic rings. The third-order valence-corrected chi connectivity index (χ3v) is 8.67. The first-order chi connectivity index (χ1) is 17.4. The Kier molecular flexibility index (Phi) is 8.91. The molecule has 0 spiro atoms. The lowest BCUT2D eigenvalue weighted by atomic mass is 10.1. The summed E-state index contributed by atoms with van der Waals surface area (Å²) >= 11 is 3.57. The zero-order valence-corrected chi connectivity index (χ0v) is 22.4. The zero-order chi connectivity index (χ0) is 25.5. The average molecular weight is 521 g/mol. The number of nitrogens with zero attached hydrogens (tertiary/aromatic N) is 2. The molecule has 188 valence electrons. The Morgan fingerprint density at radius 3 is 2.33 bits per heavy atom. The summed E-state index contributed by atoms with van der Waals surface area (Å²) in [6, 6.07) is 18.3. The maximum absolute atomic E-state index is 10.9. The summed E-state index contributed by atoms with van der Waals surface area (Å²) < 4.78 is 2.55. The van der Waals surface area contributed by atoms with Crippen LogP contribution in [0.5, 0.6) is 0 Å². The number of rotatable bonds is 12. The number of aliphatic hydroxyl groups excluding tert-OH is 1. The summed E-state index contributed by atoms with van der Waals surface area (Å²) in [4.78, 5) is 15.4. The van der Waals surface area contributed by atoms with Crippen LogP contribution in [-0.4, -0.2) is 30.2 Å². The molecule has 2 heterocycles. The van der Waals surface area contributed by atoms with Crippen molar-refractivity contribution in [2.24, 2.45) is 0 Å². The van der Waals surface area contributed by atoms with Crippen molar-refractivity contribution in [1.29, 1.82) is 0 Å². The minimum atomic E-state index is -0.360. The molecule has 2 aromatic carbocycles. The predicted molar refractivity (Wildman–Crippen MR) is 155 cm³/mol. The average Bonchev–Trinajstić information content (AvgIpc) is 3.44. The number of hydrogen-bond acceptors (Lipinski definition) is 6. The topological polar surface area (TPSA) is 66.6 Å². The number of aryl methyl sites for hydroxylation is 1. The summed E-state index contributed by atoms with van der Waals surface area (Å²) in [6.07, 6.45) is 9.71. The Hall–Kier alpha value is -3.00. The van der Waals surface area contributed by atoms with Crippen LogP contribution in [0, 0.1) is 17.0 Å². The minimum Gasteiger partial charge on any atom is -0.396 e. The number of unbranched alkanes of at least 4 members (excludes halogenated alkanes) is 4. The number of nitro groups is 1. The van der Waals surface area contributed by atoms with E-state index in [1.165, 1.54) is 49.7 Å². The number of thiophene rings is 2. The summed E-state index contributed by atoms with van der Waals surface area (Å²) in [7, 11) is 2.15. The van der Waals surface area contributed by atoms with Gasteiger partial charge in [0.25, 0.3) is 5.69 Å². The van der Waals surface area contributed by atoms with Crippen molar-refractivity contribution in [3.05, 3.63) is 80.7 Å². The van der Waals surface area contributed by atoms with Gasteiger partial charge in [0.15, 0.2) is 0 Å². The van der Waals surface area contributed by atoms with Crippen molar-refractivity contribution < 1.29 is 10.0 Å². The first-order valence-electron chi connectivity index (χ1n) is 12.3. The quantitative estimate of drug-likeness (QED) is 0.116. The molecule has 0 atom stereocenters. The molecule has 0 aliphatic heterocycles. The molecular formula is C29H32N2O3S2. The van der Waals surface area contributed by atoms with E-state index >= 15 is 0 Å². The lowest BCUT2D eigenvalue weighted by Crippen LogP contribution is -2.18. The Morgan fingerprint density at radius 2 is 1.64 bits per heavy atom. The highest BCUT2D eigenvalue weighted by atomic mass is 32.1. The molecule has 0 saturated heterocycles. The number of hydrogen-bond donors (Lipinski definition) is 1. The van der Waals surface area contributed by atoms with E-state index < -0.39 is 0 Å². The molecule has 5 nitrogen and oxygen atoms in total. The van der Waals surface area contributed by atoms with Gasteiger partial charge in [-0.2, -0.15) is 0 Å². The van der Waals surface area contributed by atoms with Crippen molar-refractivity contribution in [3.8, 4) is 10.4 Å². The summed E-state index contributed by atoms with van der Waals surface area (Å²) in [5.74, 6) is 0. The molecule has 1 N–H and O–H groups in total. The van der Waals surface area contributed by atoms with Crippen LogP contribution in [0.4, 0.5) is 11.4 Å². The second-order valence-corrected chi connectivity index (χ2v) is 11.3.